The van der Waals surface area contributed by atoms with Crippen LogP contribution in [-0.2, 0) is 13.6 Å². The second-order valence-electron chi connectivity index (χ2n) is 3.86. The molecule has 0 rings (SSSR count). The van der Waals surface area contributed by atoms with Crippen molar-refractivity contribution in [2.75, 3.05) is 19.8 Å². The van der Waals surface area contributed by atoms with E-state index in [4.69, 9.17) is 10.7 Å². The molecule has 0 saturated heterocycles. The molecule has 0 aromatic carbocycles. The lowest BCUT2D eigenvalue weighted by molar-refractivity contribution is -0.163. The average Bonchev–Trinajstić information content (AvgIpc) is 2.29. The van der Waals surface area contributed by atoms with Gasteiger partial charge in [-0.25, -0.2) is 5.16 Å². The van der Waals surface area contributed by atoms with Crippen LogP contribution in [-0.4, -0.2) is 43.2 Å². The standard InChI is InChI=1S/C6H10F9N3O4P2/c7-4(8,9)1-20-23(16,19)18-24(17,21-2-5(10,11)12)22-3-6(13,14)15/h1-3,17H2,(H2,16,19). The number of hydrogen-bond donors (Lipinski definition) is 3. The Labute approximate surface area is 128 Å². The Balaban J connectivity index is 5.37. The van der Waals surface area contributed by atoms with E-state index in [1.165, 1.54) is 0 Å². The Bertz CT molecular complexity index is 495. The highest BCUT2D eigenvalue weighted by molar-refractivity contribution is 7.65. The van der Waals surface area contributed by atoms with Gasteiger partial charge in [0.25, 0.3) is 7.66 Å². The van der Waals surface area contributed by atoms with Crippen LogP contribution in [0.25, 0.3) is 0 Å². The van der Waals surface area contributed by atoms with E-state index in [0.29, 0.717) is 0 Å². The van der Waals surface area contributed by atoms with Crippen molar-refractivity contribution in [3.8, 4) is 0 Å². The third-order valence-electron chi connectivity index (χ3n) is 1.48. The number of rotatable bonds is 7. The summed E-state index contributed by atoms with van der Waals surface area (Å²) in [7, 11) is -10.3. The number of nitrogens with two attached hydrogens (primary N) is 1. The molecule has 18 heteroatoms. The average molecular weight is 421 g/mol. The Morgan fingerprint density at radius 2 is 1.08 bits per heavy atom. The summed E-state index contributed by atoms with van der Waals surface area (Å²) in [6.45, 7) is -6.81. The Morgan fingerprint density at radius 3 is 1.38 bits per heavy atom. The molecule has 0 saturated carbocycles. The number of halogens is 9. The van der Waals surface area contributed by atoms with E-state index in [0.717, 1.165) is 0 Å². The fraction of sp³-hybridized carbons (Fsp3) is 1.00. The summed E-state index contributed by atoms with van der Waals surface area (Å²) in [6, 6.07) is 0. The molecule has 1 atom stereocenters. The highest BCUT2D eigenvalue weighted by Gasteiger charge is 2.38. The van der Waals surface area contributed by atoms with Crippen molar-refractivity contribution in [3.63, 3.8) is 0 Å². The van der Waals surface area contributed by atoms with Crippen LogP contribution in [0, 0.1) is 5.16 Å². The van der Waals surface area contributed by atoms with Gasteiger partial charge in [-0.3, -0.25) is 10.0 Å². The van der Waals surface area contributed by atoms with Crippen LogP contribution in [0.15, 0.2) is 4.52 Å². The molecule has 0 aliphatic carbocycles. The molecule has 1 unspecified atom stereocenters. The Hall–Kier alpha value is -0.370. The van der Waals surface area contributed by atoms with Gasteiger partial charge in [-0.05, 0) is 0 Å². The van der Waals surface area contributed by atoms with Gasteiger partial charge in [-0.1, -0.05) is 0 Å². The number of nitrogens with one attached hydrogen (secondary N) is 1. The minimum Gasteiger partial charge on any atom is -0.322 e. The SMILES string of the molecule is N=P(O)(N=P(N)(OCC(F)(F)F)OCC(F)(F)F)OCC(F)(F)F. The van der Waals surface area contributed by atoms with Gasteiger partial charge in [-0.2, -0.15) is 39.5 Å². The molecule has 0 aliphatic rings. The Kier molecular flexibility index (Phi) is 7.77. The molecule has 0 heterocycles. The van der Waals surface area contributed by atoms with Crippen LogP contribution in [0.4, 0.5) is 39.5 Å². The fourth-order valence-electron chi connectivity index (χ4n) is 0.778. The molecule has 0 fully saturated rings. The van der Waals surface area contributed by atoms with Gasteiger partial charge < -0.3 is 13.9 Å². The van der Waals surface area contributed by atoms with E-state index in [1.54, 1.807) is 0 Å². The molecule has 0 bridgehead atoms. The van der Waals surface area contributed by atoms with Crippen LogP contribution >= 0.6 is 15.3 Å². The largest absolute Gasteiger partial charge is 0.412 e. The van der Waals surface area contributed by atoms with Gasteiger partial charge in [0.2, 0.25) is 0 Å². The zero-order chi connectivity index (χ0) is 19.4. The quantitative estimate of drug-likeness (QED) is 0.423. The van der Waals surface area contributed by atoms with E-state index in [2.05, 4.69) is 18.1 Å². The maximum absolute atomic E-state index is 12.0. The molecule has 0 aromatic rings. The summed E-state index contributed by atoms with van der Waals surface area (Å²) in [5, 5.41) is 6.93. The van der Waals surface area contributed by atoms with E-state index in [1.807, 2.05) is 0 Å². The zero-order valence-electron chi connectivity index (χ0n) is 11.1. The van der Waals surface area contributed by atoms with Crippen LogP contribution in [0.3, 0.4) is 0 Å². The van der Waals surface area contributed by atoms with E-state index < -0.39 is 53.7 Å². The monoisotopic (exact) mass is 421 g/mol. The smallest absolute Gasteiger partial charge is 0.322 e. The molecule has 24 heavy (non-hydrogen) atoms. The summed E-state index contributed by atoms with van der Waals surface area (Å²) in [4.78, 5) is 9.19. The van der Waals surface area contributed by atoms with Gasteiger partial charge in [-0.15, -0.1) is 4.52 Å². The predicted molar refractivity (Wildman–Crippen MR) is 61.4 cm³/mol. The van der Waals surface area contributed by atoms with E-state index in [-0.39, 0.29) is 0 Å². The van der Waals surface area contributed by atoms with Crippen molar-refractivity contribution in [3.05, 3.63) is 0 Å². The lowest BCUT2D eigenvalue weighted by atomic mass is 10.7. The molecule has 0 amide bonds. The first-order chi connectivity index (χ1) is 10.3. The van der Waals surface area contributed by atoms with Gasteiger partial charge >= 0.3 is 26.2 Å². The molecule has 0 radical (unpaired) electrons. The van der Waals surface area contributed by atoms with E-state index >= 15 is 0 Å². The van der Waals surface area contributed by atoms with Crippen molar-refractivity contribution in [2.24, 2.45) is 10.0 Å². The highest BCUT2D eigenvalue weighted by atomic mass is 31.2. The second-order valence-corrected chi connectivity index (χ2v) is 7.57. The summed E-state index contributed by atoms with van der Waals surface area (Å²) in [5.74, 6) is 0. The summed E-state index contributed by atoms with van der Waals surface area (Å²) < 4.78 is 122. The lowest BCUT2D eigenvalue weighted by Gasteiger charge is -2.23. The van der Waals surface area contributed by atoms with Crippen LogP contribution in [0.5, 0.6) is 0 Å². The number of nitrogens with zero attached hydrogens (tertiary/aromatic N) is 1. The Morgan fingerprint density at radius 1 is 0.792 bits per heavy atom. The van der Waals surface area contributed by atoms with Crippen LogP contribution < -0.4 is 5.50 Å². The second kappa shape index (κ2) is 7.89. The minimum atomic E-state index is -5.23. The molecule has 146 valence electrons. The van der Waals surface area contributed by atoms with Gasteiger partial charge in [0.05, 0.1) is 0 Å². The maximum atomic E-state index is 12.0. The lowest BCUT2D eigenvalue weighted by Crippen LogP contribution is -2.22. The number of hydrogen-bond acceptors (Lipinski definition) is 4. The van der Waals surface area contributed by atoms with Crippen LogP contribution in [0.1, 0.15) is 0 Å². The van der Waals surface area contributed by atoms with Gasteiger partial charge in [0.15, 0.2) is 19.8 Å². The minimum absolute atomic E-state index is 2.25. The normalized spacial score (nSPS) is 16.8. The van der Waals surface area contributed by atoms with Gasteiger partial charge in [0.1, 0.15) is 0 Å². The first-order valence-electron chi connectivity index (χ1n) is 5.26. The van der Waals surface area contributed by atoms with Crippen molar-refractivity contribution < 1.29 is 58.0 Å². The summed E-state index contributed by atoms with van der Waals surface area (Å²) in [5.41, 5.74) is 4.92. The molecular formula is C6H10F9N3O4P2. The molecule has 0 aliphatic heterocycles. The van der Waals surface area contributed by atoms with Crippen LogP contribution in [0.2, 0.25) is 0 Å². The fourth-order valence-corrected chi connectivity index (χ4v) is 3.81. The molecular weight excluding hydrogens is 411 g/mol. The van der Waals surface area contributed by atoms with Gasteiger partial charge in [0, 0.05) is 0 Å². The first kappa shape index (κ1) is 23.6. The third-order valence-corrected chi connectivity index (χ3v) is 4.93. The molecule has 0 aromatic heterocycles. The zero-order valence-corrected chi connectivity index (χ0v) is 12.9. The molecule has 7 nitrogen and oxygen atoms in total. The number of alkyl halides is 9. The van der Waals surface area contributed by atoms with Crippen molar-refractivity contribution >= 4 is 15.3 Å². The maximum Gasteiger partial charge on any atom is 0.412 e. The first-order valence-corrected chi connectivity index (χ1v) is 8.52. The molecule has 4 N–H and O–H groups in total. The van der Waals surface area contributed by atoms with E-state index in [9.17, 15) is 44.4 Å². The molecule has 0 spiro atoms. The predicted octanol–water partition coefficient (Wildman–Crippen LogP) is 4.15. The van der Waals surface area contributed by atoms with Crippen molar-refractivity contribution in [2.45, 2.75) is 18.5 Å². The van der Waals surface area contributed by atoms with Crippen molar-refractivity contribution in [1.29, 1.82) is 5.16 Å². The highest BCUT2D eigenvalue weighted by Crippen LogP contribution is 2.59. The summed E-state index contributed by atoms with van der Waals surface area (Å²) in [6.07, 6.45) is -15.3. The van der Waals surface area contributed by atoms with Crippen molar-refractivity contribution in [1.82, 2.24) is 0 Å². The summed E-state index contributed by atoms with van der Waals surface area (Å²) >= 11 is 0. The topological polar surface area (TPSA) is 110 Å². The third kappa shape index (κ3) is 13.0.